The van der Waals surface area contributed by atoms with E-state index in [1.807, 2.05) is 30.5 Å². The minimum Gasteiger partial charge on any atom is -0.501 e. The zero-order chi connectivity index (χ0) is 39.0. The maximum Gasteiger partial charge on any atom is 0.242 e. The number of aromatic nitrogens is 2. The normalized spacial score (nSPS) is 11.2. The molecule has 0 spiro atoms. The van der Waals surface area contributed by atoms with Gasteiger partial charge in [-0.25, -0.2) is 0 Å². The fourth-order valence-corrected chi connectivity index (χ4v) is 8.02. The SMILES string of the molecule is Cc1cc(C)c(B(c2ccc3c(c2)oc2c(-c4cc(C(C)(C)C)ccn4)[c-]ccc23)c2c(C)cc(C)cc2C)c(C)c1.Fc1c[c-]c(-c2ccccn2)cc1.[Ir]. The van der Waals surface area contributed by atoms with Gasteiger partial charge in [0.15, 0.2) is 0 Å². The predicted molar refractivity (Wildman–Crippen MR) is 229 cm³/mol. The maximum atomic E-state index is 12.6. The van der Waals surface area contributed by atoms with E-state index in [1.54, 1.807) is 12.3 Å². The van der Waals surface area contributed by atoms with Gasteiger partial charge in [-0.2, -0.15) is 0 Å². The third-order valence-corrected chi connectivity index (χ3v) is 10.4. The van der Waals surface area contributed by atoms with Crippen LogP contribution in [0.1, 0.15) is 59.7 Å². The van der Waals surface area contributed by atoms with Crippen molar-refractivity contribution in [2.75, 3.05) is 0 Å². The molecule has 6 heteroatoms. The Morgan fingerprint density at radius 3 is 1.86 bits per heavy atom. The minimum absolute atomic E-state index is 0. The second-order valence-electron chi connectivity index (χ2n) is 15.8. The van der Waals surface area contributed by atoms with Crippen LogP contribution in [-0.4, -0.2) is 16.7 Å². The van der Waals surface area contributed by atoms with Crippen LogP contribution in [0.2, 0.25) is 0 Å². The van der Waals surface area contributed by atoms with Crippen molar-refractivity contribution in [1.82, 2.24) is 9.97 Å². The predicted octanol–water partition coefficient (Wildman–Crippen LogP) is 10.8. The second kappa shape index (κ2) is 16.5. The van der Waals surface area contributed by atoms with Gasteiger partial charge in [0.05, 0.1) is 5.58 Å². The van der Waals surface area contributed by atoms with E-state index in [1.165, 1.54) is 67.5 Å². The molecular weight excluding hydrogens is 867 g/mol. The second-order valence-corrected chi connectivity index (χ2v) is 15.8. The van der Waals surface area contributed by atoms with E-state index in [-0.39, 0.29) is 38.1 Å². The smallest absolute Gasteiger partial charge is 0.242 e. The van der Waals surface area contributed by atoms with Crippen LogP contribution in [-0.2, 0) is 25.5 Å². The van der Waals surface area contributed by atoms with Crippen molar-refractivity contribution in [3.63, 3.8) is 0 Å². The van der Waals surface area contributed by atoms with Crippen LogP contribution in [0.25, 0.3) is 44.5 Å². The van der Waals surface area contributed by atoms with E-state index >= 15 is 0 Å². The number of fused-ring (bicyclic) bond motifs is 3. The number of pyridine rings is 2. The van der Waals surface area contributed by atoms with Crippen molar-refractivity contribution in [2.45, 2.75) is 67.7 Å². The molecule has 0 fully saturated rings. The van der Waals surface area contributed by atoms with Crippen molar-refractivity contribution in [3.8, 4) is 22.5 Å². The molecule has 0 amide bonds. The molecule has 0 unspecified atom stereocenters. The molecule has 5 aromatic carbocycles. The first kappa shape index (κ1) is 40.5. The molecule has 8 aromatic rings. The van der Waals surface area contributed by atoms with Gasteiger partial charge in [0.2, 0.25) is 6.71 Å². The van der Waals surface area contributed by atoms with Gasteiger partial charge >= 0.3 is 0 Å². The van der Waals surface area contributed by atoms with Crippen LogP contribution in [0.15, 0.2) is 120 Å². The molecule has 283 valence electrons. The summed E-state index contributed by atoms with van der Waals surface area (Å²) in [5, 5.41) is 2.21. The Kier molecular flexibility index (Phi) is 11.9. The van der Waals surface area contributed by atoms with Crippen molar-refractivity contribution in [2.24, 2.45) is 0 Å². The number of hydrogen-bond donors (Lipinski definition) is 0. The summed E-state index contributed by atoms with van der Waals surface area (Å²) in [6, 6.07) is 40.7. The van der Waals surface area contributed by atoms with Crippen molar-refractivity contribution >= 4 is 45.0 Å². The molecular formula is C50H46BFIrN2O-2. The Morgan fingerprint density at radius 2 is 1.29 bits per heavy atom. The Labute approximate surface area is 344 Å². The monoisotopic (exact) mass is 913 g/mol. The van der Waals surface area contributed by atoms with E-state index in [0.717, 1.165) is 44.5 Å². The summed E-state index contributed by atoms with van der Waals surface area (Å²) in [6.07, 6.45) is 3.60. The number of benzene rings is 5. The molecule has 0 aliphatic carbocycles. The average Bonchev–Trinajstić information content (AvgIpc) is 3.52. The zero-order valence-corrected chi connectivity index (χ0v) is 36.0. The molecule has 0 atom stereocenters. The van der Waals surface area contributed by atoms with Gasteiger partial charge in [-0.05, 0) is 82.1 Å². The third kappa shape index (κ3) is 8.33. The molecule has 0 saturated heterocycles. The van der Waals surface area contributed by atoms with Crippen LogP contribution in [0.3, 0.4) is 0 Å². The molecule has 1 radical (unpaired) electrons. The molecule has 56 heavy (non-hydrogen) atoms. The Morgan fingerprint density at radius 1 is 0.643 bits per heavy atom. The zero-order valence-electron chi connectivity index (χ0n) is 33.6. The number of furan rings is 1. The fraction of sp³-hybridized carbons (Fsp3) is 0.200. The van der Waals surface area contributed by atoms with Gasteiger partial charge < -0.3 is 14.4 Å². The molecule has 3 heterocycles. The van der Waals surface area contributed by atoms with E-state index in [9.17, 15) is 4.39 Å². The van der Waals surface area contributed by atoms with E-state index in [2.05, 4.69) is 140 Å². The van der Waals surface area contributed by atoms with Gasteiger partial charge in [-0.15, -0.1) is 48.0 Å². The Bertz CT molecular complexity index is 2560. The van der Waals surface area contributed by atoms with E-state index in [4.69, 9.17) is 9.40 Å². The number of rotatable bonds is 5. The average molecular weight is 913 g/mol. The standard InChI is InChI=1S/C39H39BNO.C11H7FN.Ir/c1-23-17-25(3)36(26(4)18-23)40(37-27(5)19-24(2)20-28(37)6)30-13-14-31-32-11-10-12-33(38(32)42-35(31)22-30)34-21-29(15-16-41-34)39(7,8)9;12-10-6-4-9(5-7-10)11-3-1-2-8-13-11;/h10-11,13-22H,1-9H3;1-4,6-8H;/q2*-1;. The van der Waals surface area contributed by atoms with Gasteiger partial charge in [-0.3, -0.25) is 4.39 Å². The van der Waals surface area contributed by atoms with Crippen molar-refractivity contribution < 1.29 is 28.9 Å². The molecule has 0 aliphatic rings. The van der Waals surface area contributed by atoms with Crippen LogP contribution in [0.5, 0.6) is 0 Å². The number of nitrogens with zero attached hydrogens (tertiary/aromatic N) is 2. The van der Waals surface area contributed by atoms with Crippen LogP contribution in [0.4, 0.5) is 4.39 Å². The first-order valence-corrected chi connectivity index (χ1v) is 18.9. The summed E-state index contributed by atoms with van der Waals surface area (Å²) < 4.78 is 19.3. The van der Waals surface area contributed by atoms with Crippen LogP contribution in [0, 0.1) is 59.5 Å². The molecule has 0 N–H and O–H groups in total. The Hall–Kier alpha value is -5.16. The topological polar surface area (TPSA) is 38.9 Å². The molecule has 0 aliphatic heterocycles. The molecule has 0 bridgehead atoms. The maximum absolute atomic E-state index is 12.6. The first-order valence-electron chi connectivity index (χ1n) is 18.9. The van der Waals surface area contributed by atoms with Gasteiger partial charge in [0, 0.05) is 43.7 Å². The molecule has 8 rings (SSSR count). The fourth-order valence-electron chi connectivity index (χ4n) is 8.02. The number of hydrogen-bond acceptors (Lipinski definition) is 3. The van der Waals surface area contributed by atoms with Crippen molar-refractivity contribution in [1.29, 1.82) is 0 Å². The Balaban J connectivity index is 0.000000321. The van der Waals surface area contributed by atoms with Crippen LogP contribution < -0.4 is 16.4 Å². The molecule has 0 saturated carbocycles. The van der Waals surface area contributed by atoms with Gasteiger partial charge in [-0.1, -0.05) is 136 Å². The number of aryl methyl sites for hydroxylation is 6. The summed E-state index contributed by atoms with van der Waals surface area (Å²) in [4.78, 5) is 8.86. The quantitative estimate of drug-likeness (QED) is 0.128. The third-order valence-electron chi connectivity index (χ3n) is 10.4. The van der Waals surface area contributed by atoms with E-state index in [0.29, 0.717) is 0 Å². The summed E-state index contributed by atoms with van der Waals surface area (Å²) in [6.45, 7) is 20.1. The van der Waals surface area contributed by atoms with Crippen LogP contribution >= 0.6 is 0 Å². The van der Waals surface area contributed by atoms with Crippen molar-refractivity contribution in [3.05, 3.63) is 172 Å². The molecule has 3 aromatic heterocycles. The summed E-state index contributed by atoms with van der Waals surface area (Å²) in [7, 11) is 0. The van der Waals surface area contributed by atoms with Gasteiger partial charge in [0.1, 0.15) is 5.58 Å². The summed E-state index contributed by atoms with van der Waals surface area (Å²) >= 11 is 0. The largest absolute Gasteiger partial charge is 0.501 e. The minimum atomic E-state index is -0.278. The summed E-state index contributed by atoms with van der Waals surface area (Å²) in [5.74, 6) is -0.278. The molecule has 3 nitrogen and oxygen atoms in total. The summed E-state index contributed by atoms with van der Waals surface area (Å²) in [5.41, 5.74) is 18.3. The number of halogens is 1. The van der Waals surface area contributed by atoms with Gasteiger partial charge in [0.25, 0.3) is 0 Å². The van der Waals surface area contributed by atoms with E-state index < -0.39 is 0 Å². The first-order chi connectivity index (χ1) is 26.3.